The minimum absolute atomic E-state index is 0.121. The van der Waals surface area contributed by atoms with Crippen molar-refractivity contribution in [1.82, 2.24) is 24.6 Å². The van der Waals surface area contributed by atoms with Gasteiger partial charge in [-0.05, 0) is 30.0 Å². The van der Waals surface area contributed by atoms with E-state index in [-0.39, 0.29) is 31.4 Å². The van der Waals surface area contributed by atoms with Gasteiger partial charge in [0.2, 0.25) is 12.3 Å². The van der Waals surface area contributed by atoms with Gasteiger partial charge in [-0.2, -0.15) is 14.9 Å². The minimum Gasteiger partial charge on any atom is -0.464 e. The lowest BCUT2D eigenvalue weighted by Crippen LogP contribution is -2.42. The number of imidazole rings is 1. The van der Waals surface area contributed by atoms with E-state index >= 15 is 0 Å². The van der Waals surface area contributed by atoms with E-state index in [0.29, 0.717) is 42.2 Å². The number of benzene rings is 2. The molecule has 2 aromatic carbocycles. The Morgan fingerprint density at radius 3 is 2.57 bits per heavy atom. The number of aromatic nitrogens is 4. The summed E-state index contributed by atoms with van der Waals surface area (Å²) in [5.41, 5.74) is 8.01. The smallest absolute Gasteiger partial charge is 0.418 e. The number of nitrogen functional groups attached to an aromatic ring is 1. The highest BCUT2D eigenvalue weighted by Crippen LogP contribution is 2.52. The molecule has 2 aromatic heterocycles. The molecule has 4 aromatic rings. The number of esters is 1. The van der Waals surface area contributed by atoms with E-state index in [1.165, 1.54) is 0 Å². The fourth-order valence-corrected chi connectivity index (χ4v) is 5.97. The standard InChI is InChI=1S/C31H41N7O5P/c1-4-5-16-33-28-27-29(36-31(32)35-28)38(21-34-27)17-18-41-22-44(40,43-25-14-10-7-11-15-25)37-26(30(39)42-20-23(2)3)19-24-12-8-6-9-13-24/h4,6-15,21,23,26,37,40H,1,5,16-20,22H2,2-3H3,(H3,32,33,35,36)/q+1. The SMILES string of the molecule is C=CCCNc1nc(N)nc2c1ncn2CCOC[P+](O)(NC(Cc1ccccc1)C(=O)OCC(C)C)Oc1ccccc1. The first-order valence-electron chi connectivity index (χ1n) is 14.5. The Hall–Kier alpha value is -4.09. The molecule has 0 radical (unpaired) electrons. The lowest BCUT2D eigenvalue weighted by molar-refractivity contribution is -0.146. The van der Waals surface area contributed by atoms with Crippen molar-refractivity contribution in [3.8, 4) is 5.75 Å². The van der Waals surface area contributed by atoms with Gasteiger partial charge in [-0.25, -0.2) is 4.98 Å². The van der Waals surface area contributed by atoms with Crippen molar-refractivity contribution in [2.75, 3.05) is 37.2 Å². The Morgan fingerprint density at radius 1 is 1.14 bits per heavy atom. The second kappa shape index (κ2) is 16.1. The molecular formula is C31H41N7O5P+. The first kappa shape index (κ1) is 32.8. The zero-order chi connectivity index (χ0) is 31.4. The van der Waals surface area contributed by atoms with Crippen LogP contribution in [0.25, 0.3) is 11.2 Å². The zero-order valence-electron chi connectivity index (χ0n) is 25.1. The number of hydrogen-bond acceptors (Lipinski definition) is 11. The number of nitrogens with one attached hydrogen (secondary N) is 2. The van der Waals surface area contributed by atoms with Crippen LogP contribution in [0.5, 0.6) is 5.75 Å². The Morgan fingerprint density at radius 2 is 1.86 bits per heavy atom. The summed E-state index contributed by atoms with van der Waals surface area (Å²) in [6.45, 7) is 9.12. The molecule has 5 N–H and O–H groups in total. The van der Waals surface area contributed by atoms with Crippen LogP contribution >= 0.6 is 7.87 Å². The first-order valence-corrected chi connectivity index (χ1v) is 16.4. The first-order chi connectivity index (χ1) is 21.3. The number of nitrogens with two attached hydrogens (primary N) is 1. The molecule has 0 fully saturated rings. The van der Waals surface area contributed by atoms with E-state index in [1.807, 2.05) is 56.3 Å². The van der Waals surface area contributed by atoms with Crippen LogP contribution in [-0.4, -0.2) is 62.5 Å². The molecule has 12 nitrogen and oxygen atoms in total. The molecule has 2 unspecified atom stereocenters. The fourth-order valence-electron chi connectivity index (χ4n) is 4.26. The maximum Gasteiger partial charge on any atom is 0.418 e. The van der Waals surface area contributed by atoms with Crippen LogP contribution in [0.2, 0.25) is 0 Å². The van der Waals surface area contributed by atoms with Crippen LogP contribution in [0.15, 0.2) is 79.6 Å². The van der Waals surface area contributed by atoms with Crippen LogP contribution in [-0.2, 0) is 27.2 Å². The average Bonchev–Trinajstić information content (AvgIpc) is 3.41. The normalized spacial score (nSPS) is 13.4. The van der Waals surface area contributed by atoms with E-state index in [0.717, 1.165) is 12.0 Å². The maximum atomic E-state index is 13.2. The van der Waals surface area contributed by atoms with E-state index in [2.05, 4.69) is 31.9 Å². The summed E-state index contributed by atoms with van der Waals surface area (Å²) in [5, 5.41) is 6.30. The van der Waals surface area contributed by atoms with Crippen LogP contribution < -0.4 is 20.7 Å². The zero-order valence-corrected chi connectivity index (χ0v) is 26.0. The molecule has 4 rings (SSSR count). The van der Waals surface area contributed by atoms with Gasteiger partial charge in [0, 0.05) is 19.5 Å². The number of ether oxygens (including phenoxy) is 2. The fraction of sp³-hybridized carbons (Fsp3) is 0.355. The molecule has 2 atom stereocenters. The second-order valence-electron chi connectivity index (χ2n) is 10.6. The number of fused-ring (bicyclic) bond motifs is 1. The Kier molecular flexibility index (Phi) is 12.0. The molecule has 0 aliphatic carbocycles. The summed E-state index contributed by atoms with van der Waals surface area (Å²) in [6.07, 6.45) is 4.31. The Labute approximate surface area is 258 Å². The molecular weight excluding hydrogens is 581 g/mol. The molecule has 13 heteroatoms. The van der Waals surface area contributed by atoms with Crippen molar-refractivity contribution in [3.63, 3.8) is 0 Å². The highest BCUT2D eigenvalue weighted by Gasteiger charge is 2.45. The molecule has 0 spiro atoms. The van der Waals surface area contributed by atoms with Gasteiger partial charge in [-0.1, -0.05) is 68.5 Å². The number of rotatable bonds is 18. The number of hydrogen-bond donors (Lipinski definition) is 4. The molecule has 234 valence electrons. The molecule has 0 saturated heterocycles. The summed E-state index contributed by atoms with van der Waals surface area (Å²) in [6, 6.07) is 17.6. The number of carbonyl (C=O) groups excluding carboxylic acids is 1. The number of para-hydroxylation sites is 1. The van der Waals surface area contributed by atoms with Gasteiger partial charge in [0.25, 0.3) is 0 Å². The van der Waals surface area contributed by atoms with Crippen LogP contribution in [0.1, 0.15) is 25.8 Å². The van der Waals surface area contributed by atoms with E-state index in [4.69, 9.17) is 19.7 Å². The van der Waals surface area contributed by atoms with Gasteiger partial charge in [0.15, 0.2) is 22.7 Å². The monoisotopic (exact) mass is 622 g/mol. The topological polar surface area (TPSA) is 159 Å². The van der Waals surface area contributed by atoms with Gasteiger partial charge in [-0.15, -0.1) is 11.7 Å². The molecule has 0 aliphatic heterocycles. The van der Waals surface area contributed by atoms with Crippen molar-refractivity contribution in [2.24, 2.45) is 5.92 Å². The van der Waals surface area contributed by atoms with Gasteiger partial charge >= 0.3 is 13.8 Å². The molecule has 0 aliphatic rings. The lowest BCUT2D eigenvalue weighted by Gasteiger charge is -2.24. The molecule has 2 heterocycles. The van der Waals surface area contributed by atoms with Crippen LogP contribution in [0, 0.1) is 5.92 Å². The predicted molar refractivity (Wildman–Crippen MR) is 173 cm³/mol. The lowest BCUT2D eigenvalue weighted by atomic mass is 10.1. The number of nitrogens with zero attached hydrogens (tertiary/aromatic N) is 4. The van der Waals surface area contributed by atoms with Gasteiger partial charge in [0.1, 0.15) is 6.04 Å². The van der Waals surface area contributed by atoms with Crippen LogP contribution in [0.3, 0.4) is 0 Å². The van der Waals surface area contributed by atoms with Crippen LogP contribution in [0.4, 0.5) is 11.8 Å². The van der Waals surface area contributed by atoms with Crippen molar-refractivity contribution in [2.45, 2.75) is 39.3 Å². The van der Waals surface area contributed by atoms with Crippen molar-refractivity contribution >= 4 is 36.8 Å². The molecule has 0 bridgehead atoms. The van der Waals surface area contributed by atoms with E-state index in [9.17, 15) is 9.69 Å². The third kappa shape index (κ3) is 9.72. The van der Waals surface area contributed by atoms with Crippen molar-refractivity contribution < 1.29 is 23.7 Å². The Bertz CT molecular complexity index is 1490. The summed E-state index contributed by atoms with van der Waals surface area (Å²) >= 11 is 0. The van der Waals surface area contributed by atoms with Gasteiger partial charge in [-0.3, -0.25) is 9.32 Å². The highest BCUT2D eigenvalue weighted by atomic mass is 31.2. The van der Waals surface area contributed by atoms with Gasteiger partial charge in [0.05, 0.1) is 19.5 Å². The molecule has 44 heavy (non-hydrogen) atoms. The number of carbonyl (C=O) groups is 1. The summed E-state index contributed by atoms with van der Waals surface area (Å²) in [4.78, 5) is 38.1. The summed E-state index contributed by atoms with van der Waals surface area (Å²) < 4.78 is 19.4. The van der Waals surface area contributed by atoms with Crippen molar-refractivity contribution in [1.29, 1.82) is 0 Å². The van der Waals surface area contributed by atoms with E-state index < -0.39 is 19.9 Å². The van der Waals surface area contributed by atoms with Gasteiger partial charge < -0.3 is 25.1 Å². The molecule has 0 saturated carbocycles. The highest BCUT2D eigenvalue weighted by molar-refractivity contribution is 7.63. The largest absolute Gasteiger partial charge is 0.464 e. The average molecular weight is 623 g/mol. The number of anilines is 2. The molecule has 0 amide bonds. The Balaban J connectivity index is 1.48. The van der Waals surface area contributed by atoms with Crippen molar-refractivity contribution in [3.05, 3.63) is 85.2 Å². The maximum absolute atomic E-state index is 13.2. The quantitative estimate of drug-likeness (QED) is 0.0532. The summed E-state index contributed by atoms with van der Waals surface area (Å²) in [7, 11) is -3.53. The predicted octanol–water partition coefficient (Wildman–Crippen LogP) is 4.60. The minimum atomic E-state index is -3.53. The summed E-state index contributed by atoms with van der Waals surface area (Å²) in [5.74, 6) is 0.794. The second-order valence-corrected chi connectivity index (χ2v) is 12.7. The third-order valence-electron chi connectivity index (χ3n) is 6.35. The third-order valence-corrected chi connectivity index (χ3v) is 8.11. The van der Waals surface area contributed by atoms with E-state index in [1.54, 1.807) is 35.2 Å².